The van der Waals surface area contributed by atoms with E-state index in [-0.39, 0.29) is 0 Å². The summed E-state index contributed by atoms with van der Waals surface area (Å²) in [6, 6.07) is 0.312. The van der Waals surface area contributed by atoms with Crippen LogP contribution in [0, 0.1) is 23.2 Å². The van der Waals surface area contributed by atoms with Crippen LogP contribution < -0.4 is 11.3 Å². The second kappa shape index (κ2) is 5.08. The first-order valence-corrected chi connectivity index (χ1v) is 9.59. The van der Waals surface area contributed by atoms with Crippen LogP contribution in [0.2, 0.25) is 0 Å². The minimum atomic E-state index is 0.312. The summed E-state index contributed by atoms with van der Waals surface area (Å²) in [4.78, 5) is 0. The highest BCUT2D eigenvalue weighted by Crippen LogP contribution is 2.62. The molecule has 1 aromatic heterocycles. The molecule has 1 aromatic rings. The SMILES string of the molecule is NNC(CC12CC3CC(CC(C3)C1)C2)c1cscc1Br. The smallest absolute Gasteiger partial charge is 0.0484 e. The maximum absolute atomic E-state index is 5.90. The Morgan fingerprint density at radius 1 is 1.20 bits per heavy atom. The number of rotatable bonds is 4. The molecule has 20 heavy (non-hydrogen) atoms. The van der Waals surface area contributed by atoms with Crippen LogP contribution in [0.1, 0.15) is 56.6 Å². The van der Waals surface area contributed by atoms with Crippen LogP contribution in [-0.4, -0.2) is 0 Å². The standard InChI is InChI=1S/C16H23BrN2S/c17-14-9-20-8-13(14)15(19-18)7-16-4-10-1-11(5-16)3-12(2-10)6-16/h8-12,15,19H,1-7,18H2. The van der Waals surface area contributed by atoms with Gasteiger partial charge in [0.05, 0.1) is 0 Å². The minimum Gasteiger partial charge on any atom is -0.271 e. The molecule has 0 amide bonds. The van der Waals surface area contributed by atoms with Gasteiger partial charge in [-0.2, -0.15) is 11.3 Å². The second-order valence-corrected chi connectivity index (χ2v) is 9.11. The van der Waals surface area contributed by atoms with E-state index in [2.05, 4.69) is 32.1 Å². The summed E-state index contributed by atoms with van der Waals surface area (Å²) in [5, 5.41) is 4.41. The molecule has 3 N–H and O–H groups in total. The summed E-state index contributed by atoms with van der Waals surface area (Å²) >= 11 is 5.43. The van der Waals surface area contributed by atoms with Gasteiger partial charge >= 0.3 is 0 Å². The number of hydrogen-bond acceptors (Lipinski definition) is 3. The summed E-state index contributed by atoms with van der Waals surface area (Å²) in [6.07, 6.45) is 10.1. The molecule has 0 aromatic carbocycles. The van der Waals surface area contributed by atoms with Crippen molar-refractivity contribution in [1.29, 1.82) is 0 Å². The summed E-state index contributed by atoms with van der Waals surface area (Å²) in [5.41, 5.74) is 5.03. The number of nitrogens with one attached hydrogen (secondary N) is 1. The van der Waals surface area contributed by atoms with Crippen molar-refractivity contribution in [2.24, 2.45) is 29.0 Å². The summed E-state index contributed by atoms with van der Waals surface area (Å²) in [5.74, 6) is 8.95. The van der Waals surface area contributed by atoms with Crippen molar-refractivity contribution in [1.82, 2.24) is 5.43 Å². The van der Waals surface area contributed by atoms with E-state index in [1.807, 2.05) is 0 Å². The lowest BCUT2D eigenvalue weighted by atomic mass is 9.48. The van der Waals surface area contributed by atoms with E-state index < -0.39 is 0 Å². The molecule has 110 valence electrons. The third-order valence-corrected chi connectivity index (χ3v) is 7.77. The van der Waals surface area contributed by atoms with Crippen LogP contribution in [0.15, 0.2) is 15.2 Å². The van der Waals surface area contributed by atoms with E-state index in [4.69, 9.17) is 5.84 Å². The minimum absolute atomic E-state index is 0.312. The fourth-order valence-corrected chi connectivity index (χ4v) is 7.40. The van der Waals surface area contributed by atoms with Gasteiger partial charge in [0.2, 0.25) is 0 Å². The Morgan fingerprint density at radius 3 is 2.25 bits per heavy atom. The van der Waals surface area contributed by atoms with E-state index in [1.54, 1.807) is 11.3 Å². The van der Waals surface area contributed by atoms with Gasteiger partial charge in [-0.3, -0.25) is 11.3 Å². The van der Waals surface area contributed by atoms with Gasteiger partial charge < -0.3 is 0 Å². The molecule has 4 aliphatic carbocycles. The van der Waals surface area contributed by atoms with Crippen molar-refractivity contribution in [3.8, 4) is 0 Å². The average molecular weight is 355 g/mol. The normalized spacial score (nSPS) is 40.2. The zero-order valence-corrected chi connectivity index (χ0v) is 14.2. The zero-order chi connectivity index (χ0) is 13.7. The predicted octanol–water partition coefficient (Wildman–Crippen LogP) is 4.62. The van der Waals surface area contributed by atoms with Crippen molar-refractivity contribution in [2.45, 2.75) is 51.0 Å². The second-order valence-electron chi connectivity index (χ2n) is 7.52. The summed E-state index contributed by atoms with van der Waals surface area (Å²) in [7, 11) is 0. The molecule has 1 unspecified atom stereocenters. The van der Waals surface area contributed by atoms with Crippen molar-refractivity contribution >= 4 is 27.3 Å². The van der Waals surface area contributed by atoms with Crippen LogP contribution in [0.3, 0.4) is 0 Å². The number of nitrogens with two attached hydrogens (primary N) is 1. The molecule has 0 aliphatic heterocycles. The first kappa shape index (κ1) is 13.7. The Balaban J connectivity index is 1.57. The van der Waals surface area contributed by atoms with Gasteiger partial charge in [0.1, 0.15) is 0 Å². The van der Waals surface area contributed by atoms with E-state index >= 15 is 0 Å². The van der Waals surface area contributed by atoms with E-state index in [1.165, 1.54) is 55.0 Å². The third kappa shape index (κ3) is 2.29. The molecule has 0 saturated heterocycles. The lowest BCUT2D eigenvalue weighted by molar-refractivity contribution is -0.0623. The summed E-state index contributed by atoms with van der Waals surface area (Å²) in [6.45, 7) is 0. The number of thiophene rings is 1. The van der Waals surface area contributed by atoms with Gasteiger partial charge in [0, 0.05) is 15.9 Å². The Morgan fingerprint density at radius 2 is 1.80 bits per heavy atom. The van der Waals surface area contributed by atoms with Crippen molar-refractivity contribution < 1.29 is 0 Å². The van der Waals surface area contributed by atoms with Gasteiger partial charge in [-0.15, -0.1) is 0 Å². The largest absolute Gasteiger partial charge is 0.271 e. The first-order valence-electron chi connectivity index (χ1n) is 7.85. The van der Waals surface area contributed by atoms with Crippen molar-refractivity contribution in [3.63, 3.8) is 0 Å². The average Bonchev–Trinajstić information content (AvgIpc) is 2.80. The molecule has 0 spiro atoms. The summed E-state index contributed by atoms with van der Waals surface area (Å²) < 4.78 is 1.22. The molecule has 4 saturated carbocycles. The van der Waals surface area contributed by atoms with Gasteiger partial charge in [0.15, 0.2) is 0 Å². The number of hydrazine groups is 1. The number of hydrogen-bond donors (Lipinski definition) is 2. The lowest BCUT2D eigenvalue weighted by Gasteiger charge is -2.57. The molecule has 4 bridgehead atoms. The van der Waals surface area contributed by atoms with Gasteiger partial charge in [-0.05, 0) is 95.0 Å². The van der Waals surface area contributed by atoms with Crippen LogP contribution in [0.5, 0.6) is 0 Å². The molecule has 2 nitrogen and oxygen atoms in total. The van der Waals surface area contributed by atoms with E-state index in [0.717, 1.165) is 17.8 Å². The maximum atomic E-state index is 5.90. The van der Waals surface area contributed by atoms with E-state index in [9.17, 15) is 0 Å². The fraction of sp³-hybridized carbons (Fsp3) is 0.750. The van der Waals surface area contributed by atoms with E-state index in [0.29, 0.717) is 11.5 Å². The quantitative estimate of drug-likeness (QED) is 0.611. The van der Waals surface area contributed by atoms with Gasteiger partial charge in [-0.25, -0.2) is 0 Å². The Bertz CT molecular complexity index is 463. The van der Waals surface area contributed by atoms with Crippen LogP contribution in [0.25, 0.3) is 0 Å². The molecule has 0 radical (unpaired) electrons. The highest BCUT2D eigenvalue weighted by atomic mass is 79.9. The molecule has 5 rings (SSSR count). The van der Waals surface area contributed by atoms with Crippen molar-refractivity contribution in [3.05, 3.63) is 20.8 Å². The van der Waals surface area contributed by atoms with Gasteiger partial charge in [0.25, 0.3) is 0 Å². The Kier molecular flexibility index (Phi) is 3.49. The molecular weight excluding hydrogens is 332 g/mol. The highest BCUT2D eigenvalue weighted by molar-refractivity contribution is 9.10. The molecule has 4 fully saturated rings. The first-order chi connectivity index (χ1) is 9.67. The van der Waals surface area contributed by atoms with Crippen LogP contribution in [-0.2, 0) is 0 Å². The maximum Gasteiger partial charge on any atom is 0.0484 e. The molecule has 4 heteroatoms. The number of halogens is 1. The molecular formula is C16H23BrN2S. The van der Waals surface area contributed by atoms with Gasteiger partial charge in [-0.1, -0.05) is 0 Å². The lowest BCUT2D eigenvalue weighted by Crippen LogP contribution is -2.48. The molecule has 1 heterocycles. The topological polar surface area (TPSA) is 38.0 Å². The molecule has 4 aliphatic rings. The zero-order valence-electron chi connectivity index (χ0n) is 11.8. The third-order valence-electron chi connectivity index (χ3n) is 6.02. The Labute approximate surface area is 133 Å². The van der Waals surface area contributed by atoms with Crippen molar-refractivity contribution in [2.75, 3.05) is 0 Å². The Hall–Kier alpha value is 0.100. The monoisotopic (exact) mass is 354 g/mol. The fourth-order valence-electron chi connectivity index (χ4n) is 5.77. The highest BCUT2D eigenvalue weighted by Gasteiger charge is 2.51. The van der Waals surface area contributed by atoms with Crippen LogP contribution in [0.4, 0.5) is 0 Å². The molecule has 1 atom stereocenters. The van der Waals surface area contributed by atoms with Crippen LogP contribution >= 0.6 is 27.3 Å². The predicted molar refractivity (Wildman–Crippen MR) is 87.3 cm³/mol.